The number of nitrogens with zero attached hydrogens (tertiary/aromatic N) is 2. The van der Waals surface area contributed by atoms with Gasteiger partial charge >= 0.3 is 5.97 Å². The molecule has 0 bridgehead atoms. The second-order valence-corrected chi connectivity index (χ2v) is 4.87. The van der Waals surface area contributed by atoms with Crippen LogP contribution in [0.2, 0.25) is 0 Å². The highest BCUT2D eigenvalue weighted by Gasteiger charge is 2.15. The molecule has 1 amide bonds. The molecule has 0 aromatic heterocycles. The van der Waals surface area contributed by atoms with Gasteiger partial charge in [0.2, 0.25) is 5.91 Å². The Bertz CT molecular complexity index is 549. The molecule has 0 atom stereocenters. The zero-order valence-corrected chi connectivity index (χ0v) is 13.6. The summed E-state index contributed by atoms with van der Waals surface area (Å²) in [5.41, 5.74) is 0.855. The van der Waals surface area contributed by atoms with E-state index in [0.717, 1.165) is 11.3 Å². The summed E-state index contributed by atoms with van der Waals surface area (Å²) in [4.78, 5) is 25.3. The summed E-state index contributed by atoms with van der Waals surface area (Å²) >= 11 is 0. The highest BCUT2D eigenvalue weighted by Crippen LogP contribution is 2.12. The first-order valence-electron chi connectivity index (χ1n) is 7.54. The number of rotatable bonds is 9. The second-order valence-electron chi connectivity index (χ2n) is 4.87. The molecule has 6 heteroatoms. The molecule has 124 valence electrons. The number of hydrogen-bond donors (Lipinski definition) is 0. The highest BCUT2D eigenvalue weighted by atomic mass is 16.5. The molecule has 1 rings (SSSR count). The molecular formula is C17H22N2O4. The minimum Gasteiger partial charge on any atom is -0.497 e. The standard InChI is InChI=1S/C17H22N2O4/c1-3-23-17(21)9-12-19(11-4-10-18)16(20)13-14-5-7-15(22-2)8-6-14/h5-8H,3-4,9,11-13H2,1-2H3. The first kappa shape index (κ1) is 18.5. The van der Waals surface area contributed by atoms with E-state index in [1.807, 2.05) is 18.2 Å². The summed E-state index contributed by atoms with van der Waals surface area (Å²) < 4.78 is 9.94. The second kappa shape index (κ2) is 10.2. The maximum Gasteiger partial charge on any atom is 0.307 e. The minimum atomic E-state index is -0.341. The van der Waals surface area contributed by atoms with E-state index in [2.05, 4.69) is 0 Å². The molecule has 0 spiro atoms. The van der Waals surface area contributed by atoms with Gasteiger partial charge in [-0.25, -0.2) is 0 Å². The van der Waals surface area contributed by atoms with E-state index in [1.54, 1.807) is 26.2 Å². The molecule has 0 heterocycles. The zero-order valence-electron chi connectivity index (χ0n) is 13.6. The normalized spacial score (nSPS) is 9.78. The van der Waals surface area contributed by atoms with Crippen LogP contribution in [0.25, 0.3) is 0 Å². The van der Waals surface area contributed by atoms with E-state index in [4.69, 9.17) is 14.7 Å². The topological polar surface area (TPSA) is 79.6 Å². The van der Waals surface area contributed by atoms with Crippen LogP contribution < -0.4 is 4.74 Å². The SMILES string of the molecule is CCOC(=O)CCN(CCC#N)C(=O)Cc1ccc(OC)cc1. The van der Waals surface area contributed by atoms with Crippen molar-refractivity contribution in [2.24, 2.45) is 0 Å². The van der Waals surface area contributed by atoms with E-state index in [-0.39, 0.29) is 37.7 Å². The summed E-state index contributed by atoms with van der Waals surface area (Å²) in [5.74, 6) is 0.270. The third kappa shape index (κ3) is 6.83. The molecule has 0 fully saturated rings. The number of methoxy groups -OCH3 is 1. The quantitative estimate of drug-likeness (QED) is 0.650. The van der Waals surface area contributed by atoms with Crippen LogP contribution >= 0.6 is 0 Å². The predicted molar refractivity (Wildman–Crippen MR) is 84.8 cm³/mol. The number of esters is 1. The van der Waals surface area contributed by atoms with Crippen molar-refractivity contribution in [1.29, 1.82) is 5.26 Å². The molecule has 0 saturated carbocycles. The Morgan fingerprint density at radius 1 is 1.22 bits per heavy atom. The van der Waals surface area contributed by atoms with Crippen LogP contribution in [0, 0.1) is 11.3 Å². The number of benzene rings is 1. The van der Waals surface area contributed by atoms with Gasteiger partial charge in [-0.15, -0.1) is 0 Å². The molecule has 1 aromatic carbocycles. The fourth-order valence-corrected chi connectivity index (χ4v) is 2.04. The van der Waals surface area contributed by atoms with Crippen LogP contribution in [0.5, 0.6) is 5.75 Å². The van der Waals surface area contributed by atoms with Gasteiger partial charge in [0.05, 0.1) is 39.0 Å². The summed E-state index contributed by atoms with van der Waals surface area (Å²) in [7, 11) is 1.58. The smallest absolute Gasteiger partial charge is 0.307 e. The zero-order chi connectivity index (χ0) is 17.1. The van der Waals surface area contributed by atoms with Crippen LogP contribution in [0.3, 0.4) is 0 Å². The molecule has 0 saturated heterocycles. The van der Waals surface area contributed by atoms with Gasteiger partial charge in [-0.05, 0) is 24.6 Å². The van der Waals surface area contributed by atoms with E-state index < -0.39 is 0 Å². The summed E-state index contributed by atoms with van der Waals surface area (Å²) in [5, 5.41) is 8.71. The number of carbonyl (C=O) groups excluding carboxylic acids is 2. The van der Waals surface area contributed by atoms with Crippen LogP contribution in [0.1, 0.15) is 25.3 Å². The fraction of sp³-hybridized carbons (Fsp3) is 0.471. The Balaban J connectivity index is 2.62. The van der Waals surface area contributed by atoms with Gasteiger partial charge in [-0.1, -0.05) is 12.1 Å². The molecule has 0 aliphatic heterocycles. The minimum absolute atomic E-state index is 0.116. The lowest BCUT2D eigenvalue weighted by Crippen LogP contribution is -2.35. The first-order valence-corrected chi connectivity index (χ1v) is 7.54. The average Bonchev–Trinajstić information content (AvgIpc) is 2.55. The van der Waals surface area contributed by atoms with Gasteiger partial charge in [0.1, 0.15) is 5.75 Å². The van der Waals surface area contributed by atoms with Crippen molar-refractivity contribution in [2.45, 2.75) is 26.2 Å². The monoisotopic (exact) mass is 318 g/mol. The number of ether oxygens (including phenoxy) is 2. The number of hydrogen-bond acceptors (Lipinski definition) is 5. The molecule has 0 aliphatic carbocycles. The third-order valence-electron chi connectivity index (χ3n) is 3.25. The third-order valence-corrected chi connectivity index (χ3v) is 3.25. The Morgan fingerprint density at radius 2 is 1.91 bits per heavy atom. The van der Waals surface area contributed by atoms with Crippen LogP contribution in [0.15, 0.2) is 24.3 Å². The van der Waals surface area contributed by atoms with E-state index in [9.17, 15) is 9.59 Å². The molecule has 0 radical (unpaired) electrons. The lowest BCUT2D eigenvalue weighted by molar-refractivity contribution is -0.144. The highest BCUT2D eigenvalue weighted by molar-refractivity contribution is 5.79. The van der Waals surface area contributed by atoms with Crippen LogP contribution in [0.4, 0.5) is 0 Å². The van der Waals surface area contributed by atoms with E-state index >= 15 is 0 Å². The lowest BCUT2D eigenvalue weighted by Gasteiger charge is -2.21. The van der Waals surface area contributed by atoms with Gasteiger partial charge in [0.15, 0.2) is 0 Å². The van der Waals surface area contributed by atoms with Crippen molar-refractivity contribution in [2.75, 3.05) is 26.8 Å². The van der Waals surface area contributed by atoms with Crippen molar-refractivity contribution in [1.82, 2.24) is 4.90 Å². The Morgan fingerprint density at radius 3 is 2.48 bits per heavy atom. The lowest BCUT2D eigenvalue weighted by atomic mass is 10.1. The Kier molecular flexibility index (Phi) is 8.22. The van der Waals surface area contributed by atoms with Gasteiger partial charge in [-0.2, -0.15) is 5.26 Å². The number of carbonyl (C=O) groups is 2. The van der Waals surface area contributed by atoms with Gasteiger partial charge in [-0.3, -0.25) is 9.59 Å². The van der Waals surface area contributed by atoms with E-state index in [0.29, 0.717) is 13.2 Å². The van der Waals surface area contributed by atoms with Crippen molar-refractivity contribution >= 4 is 11.9 Å². The largest absolute Gasteiger partial charge is 0.497 e. The Labute approximate surface area is 136 Å². The summed E-state index contributed by atoms with van der Waals surface area (Å²) in [6.45, 7) is 2.62. The maximum atomic E-state index is 12.4. The number of nitriles is 1. The van der Waals surface area contributed by atoms with Gasteiger partial charge in [0.25, 0.3) is 0 Å². The molecule has 0 N–H and O–H groups in total. The van der Waals surface area contributed by atoms with Crippen molar-refractivity contribution in [3.63, 3.8) is 0 Å². The molecule has 0 unspecified atom stereocenters. The van der Waals surface area contributed by atoms with Crippen molar-refractivity contribution in [3.05, 3.63) is 29.8 Å². The average molecular weight is 318 g/mol. The fourth-order valence-electron chi connectivity index (χ4n) is 2.04. The first-order chi connectivity index (χ1) is 11.1. The molecule has 0 aliphatic rings. The summed E-state index contributed by atoms with van der Waals surface area (Å²) in [6.07, 6.45) is 0.586. The predicted octanol–water partition coefficient (Wildman–Crippen LogP) is 1.93. The molecule has 1 aromatic rings. The van der Waals surface area contributed by atoms with E-state index in [1.165, 1.54) is 4.90 Å². The van der Waals surface area contributed by atoms with Crippen LogP contribution in [-0.2, 0) is 20.7 Å². The summed E-state index contributed by atoms with van der Waals surface area (Å²) in [6, 6.07) is 9.25. The Hall–Kier alpha value is -2.55. The van der Waals surface area contributed by atoms with Crippen LogP contribution in [-0.4, -0.2) is 43.6 Å². The molecular weight excluding hydrogens is 296 g/mol. The molecule has 6 nitrogen and oxygen atoms in total. The van der Waals surface area contributed by atoms with Crippen molar-refractivity contribution < 1.29 is 19.1 Å². The van der Waals surface area contributed by atoms with Gasteiger partial charge in [0, 0.05) is 13.1 Å². The number of amides is 1. The maximum absolute atomic E-state index is 12.4. The van der Waals surface area contributed by atoms with Crippen molar-refractivity contribution in [3.8, 4) is 11.8 Å². The molecule has 23 heavy (non-hydrogen) atoms. The van der Waals surface area contributed by atoms with Gasteiger partial charge < -0.3 is 14.4 Å².